The highest BCUT2D eigenvalue weighted by atomic mass is 16.7. The summed E-state index contributed by atoms with van der Waals surface area (Å²) in [5.41, 5.74) is 3.90. The van der Waals surface area contributed by atoms with Crippen LogP contribution in [0.5, 0.6) is 11.5 Å². The summed E-state index contributed by atoms with van der Waals surface area (Å²) in [6.45, 7) is 19.1. The highest BCUT2D eigenvalue weighted by Crippen LogP contribution is 2.62. The smallest absolute Gasteiger partial charge is 0.410 e. The minimum atomic E-state index is -1.36. The van der Waals surface area contributed by atoms with E-state index in [-0.39, 0.29) is 44.2 Å². The summed E-state index contributed by atoms with van der Waals surface area (Å²) in [5.74, 6) is -0.385. The Morgan fingerprint density at radius 3 is 2.54 bits per heavy atom. The lowest BCUT2D eigenvalue weighted by Gasteiger charge is -2.60. The van der Waals surface area contributed by atoms with Crippen molar-refractivity contribution in [2.24, 2.45) is 22.9 Å². The third-order valence-corrected chi connectivity index (χ3v) is 11.0. The number of allylic oxidation sites excluding steroid dienone is 1. The van der Waals surface area contributed by atoms with Gasteiger partial charge < -0.3 is 34.0 Å². The molecule has 2 N–H and O–H groups in total. The average Bonchev–Trinajstić information content (AvgIpc) is 3.18. The summed E-state index contributed by atoms with van der Waals surface area (Å²) in [5, 5.41) is 24.7. The number of ether oxygens (including phenoxy) is 4. The second-order valence-electron chi connectivity index (χ2n) is 16.4. The minimum absolute atomic E-state index is 0.0924. The molecule has 1 amide bonds. The number of rotatable bonds is 21. The normalized spacial score (nSPS) is 24.4. The Hall–Kier alpha value is -4.19. The largest absolute Gasteiger partial charge is 0.487 e. The Labute approximate surface area is 339 Å². The number of aryl methyl sites for hydroxylation is 1. The van der Waals surface area contributed by atoms with E-state index in [9.17, 15) is 15.0 Å². The maximum absolute atomic E-state index is 14.2. The van der Waals surface area contributed by atoms with Crippen LogP contribution in [0, 0.1) is 24.7 Å². The molecular formula is C46H65N3O8. The van der Waals surface area contributed by atoms with Crippen molar-refractivity contribution in [2.75, 3.05) is 33.0 Å². The number of aliphatic hydroxyl groups excluding tert-OH is 2. The summed E-state index contributed by atoms with van der Waals surface area (Å²) >= 11 is 0. The number of nitrogens with zero attached hydrogens (tertiary/aromatic N) is 3. The molecule has 0 radical (unpaired) electrons. The van der Waals surface area contributed by atoms with E-state index in [1.807, 2.05) is 65.0 Å². The Bertz CT molecular complexity index is 1720. The molecule has 2 aromatic rings. The summed E-state index contributed by atoms with van der Waals surface area (Å²) in [6, 6.07) is 11.2. The molecule has 0 unspecified atom stereocenters. The Morgan fingerprint density at radius 1 is 1.09 bits per heavy atom. The van der Waals surface area contributed by atoms with Crippen LogP contribution >= 0.6 is 0 Å². The molecule has 11 heteroatoms. The van der Waals surface area contributed by atoms with Crippen molar-refractivity contribution in [3.63, 3.8) is 0 Å². The van der Waals surface area contributed by atoms with E-state index in [1.54, 1.807) is 17.1 Å². The van der Waals surface area contributed by atoms with E-state index < -0.39 is 29.4 Å². The van der Waals surface area contributed by atoms with E-state index in [1.165, 1.54) is 0 Å². The van der Waals surface area contributed by atoms with E-state index in [0.717, 1.165) is 53.9 Å². The maximum Gasteiger partial charge on any atom is 0.410 e. The summed E-state index contributed by atoms with van der Waals surface area (Å²) < 4.78 is 26.6. The molecule has 1 aliphatic heterocycles. The van der Waals surface area contributed by atoms with Gasteiger partial charge in [0.25, 0.3) is 0 Å². The highest BCUT2D eigenvalue weighted by molar-refractivity contribution is 6.03. The van der Waals surface area contributed by atoms with E-state index in [2.05, 4.69) is 30.3 Å². The zero-order chi connectivity index (χ0) is 41.0. The van der Waals surface area contributed by atoms with Crippen LogP contribution in [0.15, 0.2) is 78.5 Å². The van der Waals surface area contributed by atoms with Crippen molar-refractivity contribution in [2.45, 2.75) is 122 Å². The van der Waals surface area contributed by atoms with Gasteiger partial charge in [-0.1, -0.05) is 49.2 Å². The standard InChI is InChI=1S/C46H65N3O8/c1-8-11-27-53-44(52)49(23-9-2)41-30-39(48-57-45(5,6)7)37-28-33(18-12-14-24-50)36(20-13-15-25-51)42-38-29-35(54-31-34-19-16-17-32(4)47-34)21-22-40(38)56-46(41,43(37)42)55-26-10-3/h8,10,16-17,19,21-22,28-29,33,36,41-43,50-51H,1,3,9,11-15,18,20,23-27,30-31H2,2,4-7H3/t33-,36+,41-,42+,43+,46+/m0/s1. The number of hydrogen-bond donors (Lipinski definition) is 2. The second-order valence-corrected chi connectivity index (χ2v) is 16.4. The SMILES string of the molecule is C=CCCOC(=O)N(CCC)[C@H]1CC(=NOC(C)(C)C)C2=C[C@H](CCCCO)[C@@H](CCCCO)[C@@H]3c4cc(OCc5cccc(C)n5)ccc4O[C@@]1(OCC=C)[C@H]23. The number of hydrogen-bond acceptors (Lipinski definition) is 10. The van der Waals surface area contributed by atoms with Gasteiger partial charge >= 0.3 is 6.09 Å². The van der Waals surface area contributed by atoms with Crippen LogP contribution in [0.2, 0.25) is 0 Å². The van der Waals surface area contributed by atoms with Crippen molar-refractivity contribution in [3.05, 3.63) is 90.3 Å². The van der Waals surface area contributed by atoms with Crippen LogP contribution in [0.1, 0.15) is 108 Å². The topological polar surface area (TPSA) is 132 Å². The predicted octanol–water partition coefficient (Wildman–Crippen LogP) is 8.83. The highest BCUT2D eigenvalue weighted by Gasteiger charge is 2.65. The van der Waals surface area contributed by atoms with Crippen molar-refractivity contribution in [3.8, 4) is 11.5 Å². The first kappa shape index (κ1) is 43.9. The first-order valence-corrected chi connectivity index (χ1v) is 20.9. The fourth-order valence-corrected chi connectivity index (χ4v) is 8.70. The molecule has 2 aliphatic carbocycles. The van der Waals surface area contributed by atoms with Gasteiger partial charge in [-0.2, -0.15) is 0 Å². The van der Waals surface area contributed by atoms with Crippen molar-refractivity contribution in [1.82, 2.24) is 9.88 Å². The summed E-state index contributed by atoms with van der Waals surface area (Å²) in [4.78, 5) is 26.8. The van der Waals surface area contributed by atoms with Crippen LogP contribution in [0.25, 0.3) is 0 Å². The summed E-state index contributed by atoms with van der Waals surface area (Å²) in [7, 11) is 0. The monoisotopic (exact) mass is 787 g/mol. The Morgan fingerprint density at radius 2 is 1.86 bits per heavy atom. The molecule has 312 valence electrons. The number of amides is 1. The van der Waals surface area contributed by atoms with Crippen molar-refractivity contribution < 1.29 is 38.8 Å². The lowest BCUT2D eigenvalue weighted by atomic mass is 9.55. The van der Waals surface area contributed by atoms with Gasteiger partial charge in [0.05, 0.1) is 30.5 Å². The van der Waals surface area contributed by atoms with E-state index in [0.29, 0.717) is 56.8 Å². The molecule has 3 aliphatic rings. The molecule has 0 saturated heterocycles. The minimum Gasteiger partial charge on any atom is -0.487 e. The van der Waals surface area contributed by atoms with Crippen LogP contribution in [-0.2, 0) is 20.9 Å². The molecule has 2 heterocycles. The number of carbonyl (C=O) groups excluding carboxylic acids is 1. The van der Waals surface area contributed by atoms with Crippen LogP contribution in [0.4, 0.5) is 4.79 Å². The van der Waals surface area contributed by atoms with Gasteiger partial charge in [0.15, 0.2) is 0 Å². The fraction of sp³-hybridized carbons (Fsp3) is 0.587. The molecular weight excluding hydrogens is 723 g/mol. The second kappa shape index (κ2) is 20.5. The van der Waals surface area contributed by atoms with Crippen LogP contribution in [-0.4, -0.2) is 82.3 Å². The zero-order valence-electron chi connectivity index (χ0n) is 34.8. The fourth-order valence-electron chi connectivity index (χ4n) is 8.70. The van der Waals surface area contributed by atoms with Gasteiger partial charge in [0.1, 0.15) is 29.7 Å². The third kappa shape index (κ3) is 10.7. The number of benzene rings is 1. The van der Waals surface area contributed by atoms with Gasteiger partial charge in [-0.3, -0.25) is 9.88 Å². The quantitative estimate of drug-likeness (QED) is 0.0724. The van der Waals surface area contributed by atoms with Crippen LogP contribution in [0.3, 0.4) is 0 Å². The average molecular weight is 788 g/mol. The first-order chi connectivity index (χ1) is 27.5. The predicted molar refractivity (Wildman–Crippen MR) is 222 cm³/mol. The first-order valence-electron chi connectivity index (χ1n) is 20.9. The number of fused-ring (bicyclic) bond motifs is 2. The lowest BCUT2D eigenvalue weighted by Crippen LogP contribution is -2.70. The molecule has 0 spiro atoms. The van der Waals surface area contributed by atoms with E-state index in [4.69, 9.17) is 28.9 Å². The summed E-state index contributed by atoms with van der Waals surface area (Å²) in [6.07, 6.45) is 11.6. The number of carbonyl (C=O) groups is 1. The molecule has 1 aromatic heterocycles. The number of aromatic nitrogens is 1. The maximum atomic E-state index is 14.2. The molecule has 1 fully saturated rings. The Balaban J connectivity index is 1.75. The number of aliphatic hydroxyl groups is 2. The van der Waals surface area contributed by atoms with Crippen molar-refractivity contribution in [1.29, 1.82) is 0 Å². The van der Waals surface area contributed by atoms with Crippen LogP contribution < -0.4 is 9.47 Å². The molecule has 0 bridgehead atoms. The number of unbranched alkanes of at least 4 members (excludes halogenated alkanes) is 2. The van der Waals surface area contributed by atoms with Crippen molar-refractivity contribution >= 4 is 11.8 Å². The number of pyridine rings is 1. The van der Waals surface area contributed by atoms with Gasteiger partial charge in [-0.15, -0.1) is 13.2 Å². The molecule has 1 saturated carbocycles. The van der Waals surface area contributed by atoms with Gasteiger partial charge in [-0.25, -0.2) is 4.79 Å². The molecule has 1 aromatic carbocycles. The number of oxime groups is 1. The Kier molecular flexibility index (Phi) is 15.8. The zero-order valence-corrected chi connectivity index (χ0v) is 34.8. The third-order valence-electron chi connectivity index (χ3n) is 11.0. The molecule has 5 rings (SSSR count). The molecule has 6 atom stereocenters. The van der Waals surface area contributed by atoms with Gasteiger partial charge in [0, 0.05) is 43.4 Å². The molecule has 11 nitrogen and oxygen atoms in total. The van der Waals surface area contributed by atoms with Gasteiger partial charge in [-0.05, 0) is 114 Å². The van der Waals surface area contributed by atoms with Gasteiger partial charge in [0.2, 0.25) is 5.79 Å². The molecule has 57 heavy (non-hydrogen) atoms. The lowest BCUT2D eigenvalue weighted by molar-refractivity contribution is -0.255. The van der Waals surface area contributed by atoms with E-state index >= 15 is 0 Å².